The lowest BCUT2D eigenvalue weighted by atomic mass is 10.1. The molecular weight excluding hydrogens is 304 g/mol. The van der Waals surface area contributed by atoms with Crippen LogP contribution in [0.5, 0.6) is 11.5 Å². The molecule has 0 aliphatic heterocycles. The van der Waals surface area contributed by atoms with Crippen molar-refractivity contribution >= 4 is 23.5 Å². The van der Waals surface area contributed by atoms with Crippen LogP contribution in [0.2, 0.25) is 5.02 Å². The van der Waals surface area contributed by atoms with E-state index in [1.165, 1.54) is 25.3 Å². The number of phenols is 1. The lowest BCUT2D eigenvalue weighted by molar-refractivity contribution is 0.0510. The first kappa shape index (κ1) is 16.1. The Morgan fingerprint density at radius 3 is 2.59 bits per heavy atom. The van der Waals surface area contributed by atoms with Crippen LogP contribution in [0.4, 0.5) is 0 Å². The van der Waals surface area contributed by atoms with Gasteiger partial charge in [0, 0.05) is 18.2 Å². The number of allylic oxidation sites excluding steroid dienone is 1. The van der Waals surface area contributed by atoms with E-state index in [9.17, 15) is 9.90 Å². The lowest BCUT2D eigenvalue weighted by Crippen LogP contribution is -2.00. The Hall–Kier alpha value is -2.30. The van der Waals surface area contributed by atoms with Crippen LogP contribution in [0, 0.1) is 0 Å². The number of carbonyl (C=O) groups is 1. The van der Waals surface area contributed by atoms with Crippen molar-refractivity contribution in [1.29, 1.82) is 0 Å². The van der Waals surface area contributed by atoms with Gasteiger partial charge in [-0.3, -0.25) is 4.79 Å². The van der Waals surface area contributed by atoms with Crippen molar-refractivity contribution in [3.63, 3.8) is 0 Å². The SMILES string of the molecule is COCOc1ccc(C(=O)C=Cc2ccc(Cl)cc2)c(O)c1. The molecule has 0 radical (unpaired) electrons. The van der Waals surface area contributed by atoms with Crippen molar-refractivity contribution in [3.05, 3.63) is 64.7 Å². The summed E-state index contributed by atoms with van der Waals surface area (Å²) in [6.07, 6.45) is 3.06. The summed E-state index contributed by atoms with van der Waals surface area (Å²) in [4.78, 5) is 12.1. The molecule has 0 unspecified atom stereocenters. The predicted octanol–water partition coefficient (Wildman–Crippen LogP) is 3.92. The molecule has 2 aromatic carbocycles. The fourth-order valence-corrected chi connectivity index (χ4v) is 1.90. The summed E-state index contributed by atoms with van der Waals surface area (Å²) in [5, 5.41) is 10.5. The fraction of sp³-hybridized carbons (Fsp3) is 0.118. The average Bonchev–Trinajstić information content (AvgIpc) is 2.52. The van der Waals surface area contributed by atoms with Gasteiger partial charge < -0.3 is 14.6 Å². The van der Waals surface area contributed by atoms with E-state index in [1.807, 2.05) is 0 Å². The summed E-state index contributed by atoms with van der Waals surface area (Å²) in [6, 6.07) is 11.6. The van der Waals surface area contributed by atoms with E-state index < -0.39 is 0 Å². The Morgan fingerprint density at radius 1 is 1.23 bits per heavy atom. The maximum absolute atomic E-state index is 12.1. The largest absolute Gasteiger partial charge is 0.507 e. The van der Waals surface area contributed by atoms with Gasteiger partial charge in [-0.05, 0) is 35.9 Å². The van der Waals surface area contributed by atoms with E-state index in [1.54, 1.807) is 36.4 Å². The summed E-state index contributed by atoms with van der Waals surface area (Å²) >= 11 is 5.80. The minimum Gasteiger partial charge on any atom is -0.507 e. The number of hydrogen-bond donors (Lipinski definition) is 1. The molecule has 2 aromatic rings. The van der Waals surface area contributed by atoms with Gasteiger partial charge in [0.1, 0.15) is 11.5 Å². The molecule has 5 heteroatoms. The van der Waals surface area contributed by atoms with Crippen molar-refractivity contribution in [1.82, 2.24) is 0 Å². The second kappa shape index (κ2) is 7.64. The Labute approximate surface area is 133 Å². The van der Waals surface area contributed by atoms with Crippen molar-refractivity contribution < 1.29 is 19.4 Å². The molecule has 0 heterocycles. The van der Waals surface area contributed by atoms with Gasteiger partial charge >= 0.3 is 0 Å². The molecule has 0 aliphatic rings. The monoisotopic (exact) mass is 318 g/mol. The first-order chi connectivity index (χ1) is 10.6. The number of halogens is 1. The van der Waals surface area contributed by atoms with Gasteiger partial charge in [-0.15, -0.1) is 0 Å². The quantitative estimate of drug-likeness (QED) is 0.498. The van der Waals surface area contributed by atoms with Gasteiger partial charge in [0.05, 0.1) is 5.56 Å². The van der Waals surface area contributed by atoms with Crippen molar-refractivity contribution in [2.24, 2.45) is 0 Å². The lowest BCUT2D eigenvalue weighted by Gasteiger charge is -2.06. The molecule has 0 spiro atoms. The number of carbonyl (C=O) groups excluding carboxylic acids is 1. The second-order valence-electron chi connectivity index (χ2n) is 4.48. The smallest absolute Gasteiger partial charge is 0.189 e. The van der Waals surface area contributed by atoms with Gasteiger partial charge in [-0.1, -0.05) is 29.8 Å². The zero-order valence-corrected chi connectivity index (χ0v) is 12.7. The van der Waals surface area contributed by atoms with Crippen molar-refractivity contribution in [2.45, 2.75) is 0 Å². The van der Waals surface area contributed by atoms with Gasteiger partial charge in [-0.25, -0.2) is 0 Å². The van der Waals surface area contributed by atoms with E-state index >= 15 is 0 Å². The molecule has 0 saturated carbocycles. The number of rotatable bonds is 6. The molecule has 0 aliphatic carbocycles. The van der Waals surface area contributed by atoms with E-state index in [0.29, 0.717) is 10.8 Å². The molecular formula is C17H15ClO4. The number of phenolic OH excluding ortho intramolecular Hbond substituents is 1. The molecule has 1 N–H and O–H groups in total. The number of ketones is 1. The minimum atomic E-state index is -0.300. The number of aromatic hydroxyl groups is 1. The van der Waals surface area contributed by atoms with Crippen LogP contribution >= 0.6 is 11.6 Å². The molecule has 22 heavy (non-hydrogen) atoms. The molecule has 0 bridgehead atoms. The Bertz CT molecular complexity index is 678. The Morgan fingerprint density at radius 2 is 1.95 bits per heavy atom. The molecule has 0 saturated heterocycles. The third-order valence-electron chi connectivity index (χ3n) is 2.88. The van der Waals surface area contributed by atoms with Gasteiger partial charge in [0.25, 0.3) is 0 Å². The third-order valence-corrected chi connectivity index (χ3v) is 3.13. The maximum Gasteiger partial charge on any atom is 0.189 e. The number of benzene rings is 2. The van der Waals surface area contributed by atoms with Crippen LogP contribution in [0.15, 0.2) is 48.5 Å². The van der Waals surface area contributed by atoms with E-state index in [0.717, 1.165) is 5.56 Å². The zero-order valence-electron chi connectivity index (χ0n) is 12.0. The highest BCUT2D eigenvalue weighted by atomic mass is 35.5. The van der Waals surface area contributed by atoms with Crippen LogP contribution in [-0.4, -0.2) is 24.8 Å². The van der Waals surface area contributed by atoms with Crippen LogP contribution in [0.25, 0.3) is 6.08 Å². The third kappa shape index (κ3) is 4.35. The highest BCUT2D eigenvalue weighted by Gasteiger charge is 2.09. The molecule has 0 aromatic heterocycles. The second-order valence-corrected chi connectivity index (χ2v) is 4.92. The molecule has 0 fully saturated rings. The van der Waals surface area contributed by atoms with E-state index in [2.05, 4.69) is 0 Å². The van der Waals surface area contributed by atoms with Crippen molar-refractivity contribution in [2.75, 3.05) is 13.9 Å². The number of ether oxygens (including phenoxy) is 2. The first-order valence-electron chi connectivity index (χ1n) is 6.53. The topological polar surface area (TPSA) is 55.8 Å². The Kier molecular flexibility index (Phi) is 5.58. The highest BCUT2D eigenvalue weighted by molar-refractivity contribution is 6.30. The maximum atomic E-state index is 12.1. The highest BCUT2D eigenvalue weighted by Crippen LogP contribution is 2.24. The summed E-state index contributed by atoms with van der Waals surface area (Å²) < 4.78 is 9.96. The Balaban J connectivity index is 2.10. The average molecular weight is 319 g/mol. The number of hydrogen-bond acceptors (Lipinski definition) is 4. The minimum absolute atomic E-state index is 0.0726. The zero-order chi connectivity index (χ0) is 15.9. The number of methoxy groups -OCH3 is 1. The van der Waals surface area contributed by atoms with E-state index in [-0.39, 0.29) is 23.9 Å². The van der Waals surface area contributed by atoms with Gasteiger partial charge in [-0.2, -0.15) is 0 Å². The molecule has 0 atom stereocenters. The van der Waals surface area contributed by atoms with Crippen LogP contribution < -0.4 is 4.74 Å². The van der Waals surface area contributed by atoms with Gasteiger partial charge in [0.15, 0.2) is 12.6 Å². The van der Waals surface area contributed by atoms with Crippen molar-refractivity contribution in [3.8, 4) is 11.5 Å². The predicted molar refractivity (Wildman–Crippen MR) is 85.4 cm³/mol. The molecule has 0 amide bonds. The first-order valence-corrected chi connectivity index (χ1v) is 6.90. The summed E-state index contributed by atoms with van der Waals surface area (Å²) in [5.74, 6) is -0.0114. The molecule has 2 rings (SSSR count). The summed E-state index contributed by atoms with van der Waals surface area (Å²) in [5.41, 5.74) is 1.05. The van der Waals surface area contributed by atoms with Crippen LogP contribution in [0.3, 0.4) is 0 Å². The summed E-state index contributed by atoms with van der Waals surface area (Å²) in [7, 11) is 1.50. The van der Waals surface area contributed by atoms with Crippen LogP contribution in [-0.2, 0) is 4.74 Å². The van der Waals surface area contributed by atoms with Gasteiger partial charge in [0.2, 0.25) is 0 Å². The summed E-state index contributed by atoms with van der Waals surface area (Å²) in [6.45, 7) is 0.0726. The standard InChI is InChI=1S/C17H15ClO4/c1-21-11-22-14-7-8-15(17(20)10-14)16(19)9-4-12-2-5-13(18)6-3-12/h2-10,20H,11H2,1H3. The normalized spacial score (nSPS) is 10.8. The molecule has 4 nitrogen and oxygen atoms in total. The van der Waals surface area contributed by atoms with Crippen LogP contribution in [0.1, 0.15) is 15.9 Å². The fourth-order valence-electron chi connectivity index (χ4n) is 1.77. The molecule has 114 valence electrons. The van der Waals surface area contributed by atoms with E-state index in [4.69, 9.17) is 21.1 Å².